The van der Waals surface area contributed by atoms with E-state index in [1.54, 1.807) is 7.11 Å². The van der Waals surface area contributed by atoms with Crippen molar-refractivity contribution < 1.29 is 24.1 Å². The van der Waals surface area contributed by atoms with Crippen molar-refractivity contribution in [1.29, 1.82) is 0 Å². The lowest BCUT2D eigenvalue weighted by Gasteiger charge is -2.24. The van der Waals surface area contributed by atoms with Gasteiger partial charge in [0.2, 0.25) is 0 Å². The van der Waals surface area contributed by atoms with Gasteiger partial charge in [0.15, 0.2) is 11.5 Å². The maximum atomic E-state index is 10.6. The third-order valence-corrected chi connectivity index (χ3v) is 3.75. The Labute approximate surface area is 130 Å². The third-order valence-electron chi connectivity index (χ3n) is 3.75. The van der Waals surface area contributed by atoms with Crippen LogP contribution in [0.4, 0.5) is 0 Å². The first-order valence-corrected chi connectivity index (χ1v) is 7.50. The van der Waals surface area contributed by atoms with Crippen LogP contribution in [0.1, 0.15) is 37.3 Å². The van der Waals surface area contributed by atoms with Gasteiger partial charge >= 0.3 is 5.97 Å². The molecule has 0 radical (unpaired) electrons. The van der Waals surface area contributed by atoms with Gasteiger partial charge < -0.3 is 25.1 Å². The molecule has 0 aromatic heterocycles. The molecule has 0 aliphatic carbocycles. The number of methoxy groups -OCH3 is 1. The van der Waals surface area contributed by atoms with E-state index in [2.05, 4.69) is 0 Å². The SMILES string of the molecule is COc1cc(C(N)CCC(=O)O)ccc1OC1CCOCC1. The molecule has 0 spiro atoms. The molecule has 0 saturated carbocycles. The lowest BCUT2D eigenvalue weighted by molar-refractivity contribution is -0.137. The van der Waals surface area contributed by atoms with Gasteiger partial charge in [0.25, 0.3) is 0 Å². The van der Waals surface area contributed by atoms with Crippen LogP contribution in [0.3, 0.4) is 0 Å². The highest BCUT2D eigenvalue weighted by Crippen LogP contribution is 2.32. The average molecular weight is 309 g/mol. The van der Waals surface area contributed by atoms with E-state index in [4.69, 9.17) is 25.1 Å². The zero-order valence-corrected chi connectivity index (χ0v) is 12.8. The predicted molar refractivity (Wildman–Crippen MR) is 81.3 cm³/mol. The summed E-state index contributed by atoms with van der Waals surface area (Å²) in [6.45, 7) is 1.43. The monoisotopic (exact) mass is 309 g/mol. The minimum absolute atomic E-state index is 0.0454. The van der Waals surface area contributed by atoms with E-state index in [-0.39, 0.29) is 18.6 Å². The molecule has 1 aromatic carbocycles. The van der Waals surface area contributed by atoms with Gasteiger partial charge in [-0.25, -0.2) is 0 Å². The van der Waals surface area contributed by atoms with Crippen LogP contribution >= 0.6 is 0 Å². The van der Waals surface area contributed by atoms with Crippen molar-refractivity contribution >= 4 is 5.97 Å². The predicted octanol–water partition coefficient (Wildman–Crippen LogP) is 2.12. The molecule has 2 rings (SSSR count). The summed E-state index contributed by atoms with van der Waals surface area (Å²) in [5, 5.41) is 8.73. The van der Waals surface area contributed by atoms with E-state index in [1.807, 2.05) is 18.2 Å². The quantitative estimate of drug-likeness (QED) is 0.801. The molecule has 1 heterocycles. The maximum absolute atomic E-state index is 10.6. The number of aliphatic carboxylic acids is 1. The number of benzene rings is 1. The number of hydrogen-bond donors (Lipinski definition) is 2. The number of carbonyl (C=O) groups is 1. The molecule has 1 aliphatic rings. The fourth-order valence-electron chi connectivity index (χ4n) is 2.43. The van der Waals surface area contributed by atoms with E-state index in [0.29, 0.717) is 31.1 Å². The van der Waals surface area contributed by atoms with E-state index >= 15 is 0 Å². The molecular formula is C16H23NO5. The molecule has 0 amide bonds. The van der Waals surface area contributed by atoms with Gasteiger partial charge in [-0.2, -0.15) is 0 Å². The Kier molecular flexibility index (Phi) is 6.03. The van der Waals surface area contributed by atoms with Crippen molar-refractivity contribution in [3.63, 3.8) is 0 Å². The Morgan fingerprint density at radius 3 is 2.77 bits per heavy atom. The summed E-state index contributed by atoms with van der Waals surface area (Å²) in [4.78, 5) is 10.6. The molecule has 1 aliphatic heterocycles. The summed E-state index contributed by atoms with van der Waals surface area (Å²) < 4.78 is 16.7. The maximum Gasteiger partial charge on any atom is 0.303 e. The highest BCUT2D eigenvalue weighted by molar-refractivity contribution is 5.66. The fourth-order valence-corrected chi connectivity index (χ4v) is 2.43. The molecule has 6 heteroatoms. The lowest BCUT2D eigenvalue weighted by atomic mass is 10.0. The third kappa shape index (κ3) is 4.61. The number of carboxylic acids is 1. The average Bonchev–Trinajstić information content (AvgIpc) is 2.54. The van der Waals surface area contributed by atoms with Crippen LogP contribution in [0.15, 0.2) is 18.2 Å². The van der Waals surface area contributed by atoms with Crippen molar-refractivity contribution in [2.75, 3.05) is 20.3 Å². The zero-order chi connectivity index (χ0) is 15.9. The summed E-state index contributed by atoms with van der Waals surface area (Å²) in [6.07, 6.45) is 2.29. The Morgan fingerprint density at radius 2 is 2.14 bits per heavy atom. The van der Waals surface area contributed by atoms with Gasteiger partial charge in [-0.05, 0) is 24.1 Å². The van der Waals surface area contributed by atoms with Crippen LogP contribution in [0, 0.1) is 0 Å². The Morgan fingerprint density at radius 1 is 1.41 bits per heavy atom. The normalized spacial score (nSPS) is 17.0. The second-order valence-corrected chi connectivity index (χ2v) is 5.38. The molecule has 1 aromatic rings. The first kappa shape index (κ1) is 16.6. The van der Waals surface area contributed by atoms with Crippen LogP contribution in [0.5, 0.6) is 11.5 Å². The minimum atomic E-state index is -0.845. The molecule has 122 valence electrons. The summed E-state index contributed by atoms with van der Waals surface area (Å²) >= 11 is 0. The van der Waals surface area contributed by atoms with Crippen LogP contribution in [-0.2, 0) is 9.53 Å². The fraction of sp³-hybridized carbons (Fsp3) is 0.562. The van der Waals surface area contributed by atoms with Crippen LogP contribution in [0.25, 0.3) is 0 Å². The molecule has 1 unspecified atom stereocenters. The van der Waals surface area contributed by atoms with Crippen LogP contribution in [0.2, 0.25) is 0 Å². The largest absolute Gasteiger partial charge is 0.493 e. The van der Waals surface area contributed by atoms with Crippen LogP contribution < -0.4 is 15.2 Å². The topological polar surface area (TPSA) is 91.0 Å². The number of rotatable bonds is 7. The second kappa shape index (κ2) is 8.00. The summed E-state index contributed by atoms with van der Waals surface area (Å²) in [5.74, 6) is 0.459. The highest BCUT2D eigenvalue weighted by atomic mass is 16.5. The molecule has 22 heavy (non-hydrogen) atoms. The summed E-state index contributed by atoms with van der Waals surface area (Å²) in [5.41, 5.74) is 6.87. The van der Waals surface area contributed by atoms with E-state index in [1.165, 1.54) is 0 Å². The molecule has 1 fully saturated rings. The molecule has 1 saturated heterocycles. The van der Waals surface area contributed by atoms with Crippen molar-refractivity contribution in [3.8, 4) is 11.5 Å². The molecule has 0 bridgehead atoms. The summed E-state index contributed by atoms with van der Waals surface area (Å²) in [6, 6.07) is 5.19. The zero-order valence-electron chi connectivity index (χ0n) is 12.8. The van der Waals surface area contributed by atoms with Crippen molar-refractivity contribution in [3.05, 3.63) is 23.8 Å². The van der Waals surface area contributed by atoms with Gasteiger partial charge in [-0.3, -0.25) is 4.79 Å². The van der Waals surface area contributed by atoms with Gasteiger partial charge in [-0.15, -0.1) is 0 Å². The highest BCUT2D eigenvalue weighted by Gasteiger charge is 2.18. The first-order valence-electron chi connectivity index (χ1n) is 7.50. The molecular weight excluding hydrogens is 286 g/mol. The van der Waals surface area contributed by atoms with E-state index in [9.17, 15) is 4.79 Å². The van der Waals surface area contributed by atoms with Gasteiger partial charge in [0.05, 0.1) is 20.3 Å². The number of carboxylic acid groups (broad SMARTS) is 1. The standard InChI is InChI=1S/C16H23NO5/c1-20-15-10-11(13(17)3-5-16(18)19)2-4-14(15)22-12-6-8-21-9-7-12/h2,4,10,12-13H,3,5-9,17H2,1H3,(H,18,19). The van der Waals surface area contributed by atoms with Crippen molar-refractivity contribution in [1.82, 2.24) is 0 Å². The second-order valence-electron chi connectivity index (χ2n) is 5.38. The number of ether oxygens (including phenoxy) is 3. The summed E-state index contributed by atoms with van der Waals surface area (Å²) in [7, 11) is 1.58. The van der Waals surface area contributed by atoms with Crippen molar-refractivity contribution in [2.45, 2.75) is 37.8 Å². The Balaban J connectivity index is 2.04. The van der Waals surface area contributed by atoms with Gasteiger partial charge in [0, 0.05) is 25.3 Å². The van der Waals surface area contributed by atoms with E-state index in [0.717, 1.165) is 18.4 Å². The Hall–Kier alpha value is -1.79. The van der Waals surface area contributed by atoms with Gasteiger partial charge in [-0.1, -0.05) is 6.07 Å². The lowest BCUT2D eigenvalue weighted by Crippen LogP contribution is -2.26. The first-order chi connectivity index (χ1) is 10.6. The Bertz CT molecular complexity index is 499. The molecule has 6 nitrogen and oxygen atoms in total. The smallest absolute Gasteiger partial charge is 0.303 e. The number of hydrogen-bond acceptors (Lipinski definition) is 5. The number of nitrogens with two attached hydrogens (primary N) is 1. The van der Waals surface area contributed by atoms with Crippen LogP contribution in [-0.4, -0.2) is 37.5 Å². The molecule has 3 N–H and O–H groups in total. The van der Waals surface area contributed by atoms with Crippen molar-refractivity contribution in [2.24, 2.45) is 5.73 Å². The van der Waals surface area contributed by atoms with E-state index < -0.39 is 5.97 Å². The molecule has 1 atom stereocenters. The van der Waals surface area contributed by atoms with Gasteiger partial charge in [0.1, 0.15) is 6.10 Å². The minimum Gasteiger partial charge on any atom is -0.493 e.